The molecule has 0 aliphatic carbocycles. The molecule has 0 saturated carbocycles. The van der Waals surface area contributed by atoms with Crippen molar-refractivity contribution < 1.29 is 4.79 Å². The highest BCUT2D eigenvalue weighted by Crippen LogP contribution is 2.27. The molecule has 1 amide bonds. The van der Waals surface area contributed by atoms with E-state index in [1.54, 1.807) is 11.3 Å². The molecule has 20 heavy (non-hydrogen) atoms. The van der Waals surface area contributed by atoms with Crippen molar-refractivity contribution in [3.8, 4) is 0 Å². The summed E-state index contributed by atoms with van der Waals surface area (Å²) < 4.78 is 0. The van der Waals surface area contributed by atoms with Gasteiger partial charge in [-0.05, 0) is 23.4 Å². The zero-order valence-electron chi connectivity index (χ0n) is 11.5. The van der Waals surface area contributed by atoms with Crippen LogP contribution in [-0.4, -0.2) is 17.7 Å². The number of aliphatic imine (C=N–C) groups is 1. The number of nitrogens with zero attached hydrogens (tertiary/aromatic N) is 1. The number of thiophene rings is 1. The molecule has 0 fully saturated rings. The first-order valence-electron chi connectivity index (χ1n) is 6.69. The summed E-state index contributed by atoms with van der Waals surface area (Å²) in [6.07, 6.45) is 0. The fraction of sp³-hybridized carbons (Fsp3) is 0.250. The highest BCUT2D eigenvalue weighted by atomic mass is 32.1. The molecule has 1 aromatic heterocycles. The lowest BCUT2D eigenvalue weighted by Crippen LogP contribution is -2.30. The van der Waals surface area contributed by atoms with Crippen LogP contribution >= 0.6 is 11.3 Å². The molecule has 0 bridgehead atoms. The molecule has 1 aliphatic heterocycles. The molecule has 1 atom stereocenters. The third kappa shape index (κ3) is 2.27. The molecular formula is C16H16N2OS. The minimum Gasteiger partial charge on any atom is -0.324 e. The van der Waals surface area contributed by atoms with Gasteiger partial charge in [0.25, 0.3) is 0 Å². The molecular weight excluding hydrogens is 268 g/mol. The van der Waals surface area contributed by atoms with E-state index < -0.39 is 0 Å². The molecule has 1 N–H and O–H groups in total. The molecule has 0 saturated heterocycles. The Morgan fingerprint density at radius 1 is 1.20 bits per heavy atom. The van der Waals surface area contributed by atoms with Crippen LogP contribution in [0.3, 0.4) is 0 Å². The summed E-state index contributed by atoms with van der Waals surface area (Å²) >= 11 is 1.65. The molecule has 1 aromatic carbocycles. The Bertz CT molecular complexity index is 659. The molecule has 102 valence electrons. The van der Waals surface area contributed by atoms with E-state index in [-0.39, 0.29) is 17.9 Å². The highest BCUT2D eigenvalue weighted by Gasteiger charge is 2.27. The van der Waals surface area contributed by atoms with Crippen molar-refractivity contribution in [1.29, 1.82) is 0 Å². The Morgan fingerprint density at radius 3 is 2.70 bits per heavy atom. The van der Waals surface area contributed by atoms with Crippen LogP contribution in [0.15, 0.2) is 46.8 Å². The first-order valence-corrected chi connectivity index (χ1v) is 7.56. The summed E-state index contributed by atoms with van der Waals surface area (Å²) in [6.45, 7) is 4.05. The van der Waals surface area contributed by atoms with Crippen LogP contribution in [0.1, 0.15) is 24.3 Å². The number of benzene rings is 1. The van der Waals surface area contributed by atoms with Gasteiger partial charge < -0.3 is 5.32 Å². The molecule has 3 nitrogen and oxygen atoms in total. The van der Waals surface area contributed by atoms with E-state index in [0.717, 1.165) is 21.8 Å². The quantitative estimate of drug-likeness (QED) is 0.900. The smallest absolute Gasteiger partial charge is 0.249 e. The van der Waals surface area contributed by atoms with E-state index in [0.29, 0.717) is 0 Å². The van der Waals surface area contributed by atoms with Crippen molar-refractivity contribution >= 4 is 28.6 Å². The maximum absolute atomic E-state index is 12.3. The van der Waals surface area contributed by atoms with E-state index in [4.69, 9.17) is 4.99 Å². The van der Waals surface area contributed by atoms with E-state index in [1.807, 2.05) is 55.6 Å². The maximum atomic E-state index is 12.3. The Hall–Kier alpha value is -1.94. The number of hydrogen-bond donors (Lipinski definition) is 1. The number of para-hydroxylation sites is 1. The number of amides is 1. The average molecular weight is 284 g/mol. The van der Waals surface area contributed by atoms with Crippen LogP contribution in [0.25, 0.3) is 0 Å². The lowest BCUT2D eigenvalue weighted by molar-refractivity contribution is -0.118. The van der Waals surface area contributed by atoms with Gasteiger partial charge in [0, 0.05) is 5.56 Å². The molecule has 2 heterocycles. The molecule has 2 aromatic rings. The van der Waals surface area contributed by atoms with Crippen molar-refractivity contribution in [2.75, 3.05) is 5.32 Å². The van der Waals surface area contributed by atoms with Crippen LogP contribution in [0.2, 0.25) is 0 Å². The monoisotopic (exact) mass is 284 g/mol. The van der Waals surface area contributed by atoms with Gasteiger partial charge in [-0.25, -0.2) is 0 Å². The predicted octanol–water partition coefficient (Wildman–Crippen LogP) is 3.56. The summed E-state index contributed by atoms with van der Waals surface area (Å²) in [6, 6.07) is 11.6. The third-order valence-electron chi connectivity index (χ3n) is 3.36. The summed E-state index contributed by atoms with van der Waals surface area (Å²) in [4.78, 5) is 18.2. The summed E-state index contributed by atoms with van der Waals surface area (Å²) in [5, 5.41) is 5.03. The highest BCUT2D eigenvalue weighted by molar-refractivity contribution is 7.12. The van der Waals surface area contributed by atoms with Crippen LogP contribution in [0, 0.1) is 5.92 Å². The number of benzodiazepines with no additional fused rings is 1. The fourth-order valence-corrected chi connectivity index (χ4v) is 3.07. The van der Waals surface area contributed by atoms with Crippen LogP contribution in [0.4, 0.5) is 5.69 Å². The Labute approximate surface area is 122 Å². The third-order valence-corrected chi connectivity index (χ3v) is 4.24. The summed E-state index contributed by atoms with van der Waals surface area (Å²) in [5.41, 5.74) is 2.74. The van der Waals surface area contributed by atoms with Crippen molar-refractivity contribution in [1.82, 2.24) is 0 Å². The second kappa shape index (κ2) is 5.21. The van der Waals surface area contributed by atoms with Crippen molar-refractivity contribution in [2.45, 2.75) is 19.9 Å². The van der Waals surface area contributed by atoms with Gasteiger partial charge in [-0.2, -0.15) is 0 Å². The molecule has 1 aliphatic rings. The van der Waals surface area contributed by atoms with Gasteiger partial charge >= 0.3 is 0 Å². The zero-order valence-corrected chi connectivity index (χ0v) is 12.3. The lowest BCUT2D eigenvalue weighted by Gasteiger charge is -2.14. The van der Waals surface area contributed by atoms with Gasteiger partial charge in [0.05, 0.1) is 16.3 Å². The Kier molecular flexibility index (Phi) is 3.40. The molecule has 3 rings (SSSR count). The van der Waals surface area contributed by atoms with E-state index in [2.05, 4.69) is 5.32 Å². The van der Waals surface area contributed by atoms with Gasteiger partial charge in [-0.15, -0.1) is 11.3 Å². The van der Waals surface area contributed by atoms with E-state index >= 15 is 0 Å². The standard InChI is InChI=1S/C16H16N2OS/c1-10(2)14-16(19)17-12-7-4-3-6-11(12)15(18-14)13-8-5-9-20-13/h3-10,14H,1-2H3,(H,17,19). The number of nitrogens with one attached hydrogen (secondary N) is 1. The minimum atomic E-state index is -0.348. The van der Waals surface area contributed by atoms with Gasteiger partial charge in [0.1, 0.15) is 6.04 Å². The summed E-state index contributed by atoms with van der Waals surface area (Å²) in [7, 11) is 0. The largest absolute Gasteiger partial charge is 0.324 e. The van der Waals surface area contributed by atoms with Crippen molar-refractivity contribution in [3.63, 3.8) is 0 Å². The average Bonchev–Trinajstić information content (AvgIpc) is 2.89. The second-order valence-electron chi connectivity index (χ2n) is 5.18. The topological polar surface area (TPSA) is 41.5 Å². The van der Waals surface area contributed by atoms with Crippen molar-refractivity contribution in [2.24, 2.45) is 10.9 Å². The molecule has 4 heteroatoms. The van der Waals surface area contributed by atoms with Gasteiger partial charge in [-0.3, -0.25) is 9.79 Å². The fourth-order valence-electron chi connectivity index (χ4n) is 2.33. The molecule has 1 unspecified atom stereocenters. The second-order valence-corrected chi connectivity index (χ2v) is 6.13. The lowest BCUT2D eigenvalue weighted by atomic mass is 10.0. The SMILES string of the molecule is CC(C)C1N=C(c2cccs2)c2ccccc2NC1=O. The molecule has 0 radical (unpaired) electrons. The van der Waals surface area contributed by atoms with E-state index in [9.17, 15) is 4.79 Å². The summed E-state index contributed by atoms with van der Waals surface area (Å²) in [5.74, 6) is 0.137. The minimum absolute atomic E-state index is 0.0287. The number of hydrogen-bond acceptors (Lipinski definition) is 3. The number of fused-ring (bicyclic) bond motifs is 1. The normalized spacial score (nSPS) is 18.2. The number of anilines is 1. The van der Waals surface area contributed by atoms with Gasteiger partial charge in [-0.1, -0.05) is 38.1 Å². The number of carbonyl (C=O) groups excluding carboxylic acids is 1. The Morgan fingerprint density at radius 2 is 2.00 bits per heavy atom. The van der Waals surface area contributed by atoms with Crippen LogP contribution in [-0.2, 0) is 4.79 Å². The van der Waals surface area contributed by atoms with Gasteiger partial charge in [0.15, 0.2) is 0 Å². The first-order chi connectivity index (χ1) is 9.66. The van der Waals surface area contributed by atoms with Crippen molar-refractivity contribution in [3.05, 3.63) is 52.2 Å². The Balaban J connectivity index is 2.19. The van der Waals surface area contributed by atoms with Crippen LogP contribution < -0.4 is 5.32 Å². The molecule has 0 spiro atoms. The van der Waals surface area contributed by atoms with Gasteiger partial charge in [0.2, 0.25) is 5.91 Å². The van der Waals surface area contributed by atoms with E-state index in [1.165, 1.54) is 0 Å². The van der Waals surface area contributed by atoms with Crippen LogP contribution in [0.5, 0.6) is 0 Å². The number of rotatable bonds is 2. The predicted molar refractivity (Wildman–Crippen MR) is 83.7 cm³/mol. The maximum Gasteiger partial charge on any atom is 0.249 e. The first kappa shape index (κ1) is 13.1. The number of carbonyl (C=O) groups is 1. The zero-order chi connectivity index (χ0) is 14.1.